The van der Waals surface area contributed by atoms with Gasteiger partial charge >= 0.3 is 0 Å². The molecule has 0 bridgehead atoms. The van der Waals surface area contributed by atoms with E-state index in [9.17, 15) is 4.39 Å². The molecule has 0 aliphatic rings. The lowest BCUT2D eigenvalue weighted by Crippen LogP contribution is -2.12. The Morgan fingerprint density at radius 2 is 1.84 bits per heavy atom. The van der Waals surface area contributed by atoms with E-state index >= 15 is 0 Å². The van der Waals surface area contributed by atoms with E-state index in [1.54, 1.807) is 12.1 Å². The predicted molar refractivity (Wildman–Crippen MR) is 74.0 cm³/mol. The highest BCUT2D eigenvalue weighted by atomic mass is 35.5. The van der Waals surface area contributed by atoms with Crippen LogP contribution < -0.4 is 10.5 Å². The van der Waals surface area contributed by atoms with E-state index in [0.29, 0.717) is 15.8 Å². The van der Waals surface area contributed by atoms with Crippen molar-refractivity contribution in [1.29, 1.82) is 5.41 Å². The molecule has 0 fully saturated rings. The zero-order valence-corrected chi connectivity index (χ0v) is 11.1. The van der Waals surface area contributed by atoms with Gasteiger partial charge in [0.25, 0.3) is 0 Å². The molecule has 3 nitrogen and oxygen atoms in total. The van der Waals surface area contributed by atoms with E-state index in [4.69, 9.17) is 39.1 Å². The maximum atomic E-state index is 13.1. The van der Waals surface area contributed by atoms with Gasteiger partial charge < -0.3 is 10.5 Å². The van der Waals surface area contributed by atoms with Crippen LogP contribution in [-0.2, 0) is 0 Å². The third-order valence-corrected chi connectivity index (χ3v) is 3.09. The van der Waals surface area contributed by atoms with E-state index in [1.807, 2.05) is 0 Å². The van der Waals surface area contributed by atoms with Gasteiger partial charge in [-0.05, 0) is 30.3 Å². The van der Waals surface area contributed by atoms with Crippen LogP contribution in [0.2, 0.25) is 10.0 Å². The zero-order valence-electron chi connectivity index (χ0n) is 9.58. The van der Waals surface area contributed by atoms with Crippen molar-refractivity contribution in [3.63, 3.8) is 0 Å². The van der Waals surface area contributed by atoms with Crippen LogP contribution in [0.3, 0.4) is 0 Å². The van der Waals surface area contributed by atoms with E-state index in [1.165, 1.54) is 18.2 Å². The van der Waals surface area contributed by atoms with Crippen LogP contribution in [0.1, 0.15) is 5.56 Å². The van der Waals surface area contributed by atoms with E-state index < -0.39 is 5.82 Å². The molecule has 6 heteroatoms. The first-order valence-electron chi connectivity index (χ1n) is 5.24. The summed E-state index contributed by atoms with van der Waals surface area (Å²) in [5, 5.41) is 8.14. The van der Waals surface area contributed by atoms with Gasteiger partial charge in [-0.3, -0.25) is 5.41 Å². The van der Waals surface area contributed by atoms with Crippen LogP contribution in [0.25, 0.3) is 0 Å². The summed E-state index contributed by atoms with van der Waals surface area (Å²) >= 11 is 11.7. The molecule has 0 saturated carbocycles. The molecule has 2 aromatic carbocycles. The SMILES string of the molecule is N=C(N)c1cc(F)ccc1Oc1ccc(Cl)c(Cl)c1. The number of nitrogens with one attached hydrogen (secondary N) is 1. The number of nitrogens with two attached hydrogens (primary N) is 1. The second-order valence-corrected chi connectivity index (χ2v) is 4.55. The van der Waals surface area contributed by atoms with Crippen LogP contribution in [0.4, 0.5) is 4.39 Å². The van der Waals surface area contributed by atoms with Crippen molar-refractivity contribution in [2.45, 2.75) is 0 Å². The second-order valence-electron chi connectivity index (χ2n) is 3.73. The molecular formula is C13H9Cl2FN2O. The lowest BCUT2D eigenvalue weighted by molar-refractivity contribution is 0.479. The second kappa shape index (κ2) is 5.47. The van der Waals surface area contributed by atoms with Crippen molar-refractivity contribution >= 4 is 29.0 Å². The first-order valence-corrected chi connectivity index (χ1v) is 6.00. The Hall–Kier alpha value is -1.78. The Morgan fingerprint density at radius 1 is 1.11 bits per heavy atom. The minimum atomic E-state index is -0.494. The molecular weight excluding hydrogens is 290 g/mol. The number of hydrogen-bond donors (Lipinski definition) is 2. The number of hydrogen-bond acceptors (Lipinski definition) is 2. The quantitative estimate of drug-likeness (QED) is 0.659. The van der Waals surface area contributed by atoms with E-state index in [0.717, 1.165) is 6.07 Å². The molecule has 0 radical (unpaired) electrons. The van der Waals surface area contributed by atoms with Gasteiger partial charge in [0.05, 0.1) is 15.6 Å². The summed E-state index contributed by atoms with van der Waals surface area (Å²) in [7, 11) is 0. The average Bonchev–Trinajstić information content (AvgIpc) is 2.36. The van der Waals surface area contributed by atoms with Crippen molar-refractivity contribution in [2.24, 2.45) is 5.73 Å². The van der Waals surface area contributed by atoms with E-state index in [-0.39, 0.29) is 17.1 Å². The van der Waals surface area contributed by atoms with Crippen LogP contribution in [0, 0.1) is 11.2 Å². The van der Waals surface area contributed by atoms with Crippen molar-refractivity contribution in [3.8, 4) is 11.5 Å². The molecule has 0 aliphatic carbocycles. The Morgan fingerprint density at radius 3 is 2.47 bits per heavy atom. The molecule has 3 N–H and O–H groups in total. The fraction of sp³-hybridized carbons (Fsp3) is 0. The van der Waals surface area contributed by atoms with Crippen LogP contribution >= 0.6 is 23.2 Å². The van der Waals surface area contributed by atoms with Gasteiger partial charge in [-0.2, -0.15) is 0 Å². The first kappa shape index (κ1) is 13.6. The highest BCUT2D eigenvalue weighted by Crippen LogP contribution is 2.31. The molecule has 2 aromatic rings. The number of amidine groups is 1. The molecule has 0 aliphatic heterocycles. The highest BCUT2D eigenvalue weighted by molar-refractivity contribution is 6.42. The Balaban J connectivity index is 2.37. The maximum absolute atomic E-state index is 13.1. The monoisotopic (exact) mass is 298 g/mol. The number of ether oxygens (including phenoxy) is 1. The Labute approximate surface area is 119 Å². The lowest BCUT2D eigenvalue weighted by Gasteiger charge is -2.10. The smallest absolute Gasteiger partial charge is 0.138 e. The molecule has 98 valence electrons. The number of nitrogen functional groups attached to an aromatic ring is 1. The van der Waals surface area contributed by atoms with Gasteiger partial charge in [-0.25, -0.2) is 4.39 Å². The van der Waals surface area contributed by atoms with Gasteiger partial charge in [0, 0.05) is 6.07 Å². The zero-order chi connectivity index (χ0) is 14.0. The average molecular weight is 299 g/mol. The summed E-state index contributed by atoms with van der Waals surface area (Å²) in [5.41, 5.74) is 5.55. The first-order chi connectivity index (χ1) is 8.97. The van der Waals surface area contributed by atoms with Crippen LogP contribution in [0.5, 0.6) is 11.5 Å². The van der Waals surface area contributed by atoms with Gasteiger partial charge in [0.2, 0.25) is 0 Å². The maximum Gasteiger partial charge on any atom is 0.138 e. The summed E-state index contributed by atoms with van der Waals surface area (Å²) < 4.78 is 18.6. The summed E-state index contributed by atoms with van der Waals surface area (Å²) in [6.45, 7) is 0. The Bertz CT molecular complexity index is 647. The largest absolute Gasteiger partial charge is 0.457 e. The van der Waals surface area contributed by atoms with Crippen LogP contribution in [-0.4, -0.2) is 5.84 Å². The number of benzene rings is 2. The molecule has 0 aromatic heterocycles. The molecule has 0 amide bonds. The summed E-state index contributed by atoms with van der Waals surface area (Å²) in [6, 6.07) is 8.47. The molecule has 0 atom stereocenters. The fourth-order valence-corrected chi connectivity index (χ4v) is 1.76. The third-order valence-electron chi connectivity index (χ3n) is 2.35. The molecule has 0 heterocycles. The van der Waals surface area contributed by atoms with Gasteiger partial charge in [-0.1, -0.05) is 23.2 Å². The van der Waals surface area contributed by atoms with E-state index in [2.05, 4.69) is 0 Å². The summed E-state index contributed by atoms with van der Waals surface area (Å²) in [4.78, 5) is 0. The van der Waals surface area contributed by atoms with Crippen molar-refractivity contribution < 1.29 is 9.13 Å². The minimum absolute atomic E-state index is 0.172. The normalized spacial score (nSPS) is 10.3. The topological polar surface area (TPSA) is 59.1 Å². The third kappa shape index (κ3) is 3.16. The van der Waals surface area contributed by atoms with Crippen LogP contribution in [0.15, 0.2) is 36.4 Å². The summed E-state index contributed by atoms with van der Waals surface area (Å²) in [5.74, 6) is -0.0861. The lowest BCUT2D eigenvalue weighted by atomic mass is 10.2. The molecule has 0 unspecified atom stereocenters. The Kier molecular flexibility index (Phi) is 3.93. The summed E-state index contributed by atoms with van der Waals surface area (Å²) in [6.07, 6.45) is 0. The minimum Gasteiger partial charge on any atom is -0.457 e. The number of rotatable bonds is 3. The van der Waals surface area contributed by atoms with Crippen molar-refractivity contribution in [1.82, 2.24) is 0 Å². The molecule has 2 rings (SSSR count). The van der Waals surface area contributed by atoms with Gasteiger partial charge in [0.15, 0.2) is 0 Å². The molecule has 0 saturated heterocycles. The van der Waals surface area contributed by atoms with Crippen molar-refractivity contribution in [2.75, 3.05) is 0 Å². The number of halogens is 3. The van der Waals surface area contributed by atoms with Gasteiger partial charge in [0.1, 0.15) is 23.2 Å². The fourth-order valence-electron chi connectivity index (χ4n) is 1.47. The predicted octanol–water partition coefficient (Wildman–Crippen LogP) is 4.21. The standard InChI is InChI=1S/C13H9Cl2FN2O/c14-10-3-2-8(6-11(10)15)19-12-4-1-7(16)5-9(12)13(17)18/h1-6H,(H3,17,18). The van der Waals surface area contributed by atoms with Crippen molar-refractivity contribution in [3.05, 3.63) is 57.8 Å². The highest BCUT2D eigenvalue weighted by Gasteiger charge is 2.10. The molecule has 19 heavy (non-hydrogen) atoms. The molecule has 0 spiro atoms. The van der Waals surface area contributed by atoms with Gasteiger partial charge in [-0.15, -0.1) is 0 Å².